The molecule has 9 heteroatoms. The molecule has 0 fully saturated rings. The first kappa shape index (κ1) is 26.9. The van der Waals surface area contributed by atoms with Crippen molar-refractivity contribution in [3.8, 4) is 17.2 Å². The van der Waals surface area contributed by atoms with Crippen molar-refractivity contribution in [2.45, 2.75) is 19.9 Å². The molecule has 38 heavy (non-hydrogen) atoms. The van der Waals surface area contributed by atoms with E-state index < -0.39 is 0 Å². The number of halogens is 1. The lowest BCUT2D eigenvalue weighted by Crippen LogP contribution is -2.37. The van der Waals surface area contributed by atoms with Gasteiger partial charge in [-0.15, -0.1) is 0 Å². The molecule has 0 saturated carbocycles. The van der Waals surface area contributed by atoms with Gasteiger partial charge in [0.25, 0.3) is 5.56 Å². The van der Waals surface area contributed by atoms with Gasteiger partial charge >= 0.3 is 0 Å². The highest BCUT2D eigenvalue weighted by molar-refractivity contribution is 7.80. The molecule has 1 aromatic heterocycles. The van der Waals surface area contributed by atoms with Crippen molar-refractivity contribution in [3.63, 3.8) is 0 Å². The normalized spacial score (nSPS) is 10.7. The zero-order valence-electron chi connectivity index (χ0n) is 21.5. The molecule has 0 aliphatic heterocycles. The number of ether oxygens (including phenoxy) is 3. The maximum absolute atomic E-state index is 13.4. The van der Waals surface area contributed by atoms with Gasteiger partial charge in [-0.05, 0) is 91.8 Å². The Hall–Kier alpha value is -4.11. The van der Waals surface area contributed by atoms with Crippen LogP contribution >= 0.6 is 12.2 Å². The average molecular weight is 536 g/mol. The highest BCUT2D eigenvalue weighted by atomic mass is 32.1. The molecule has 0 atom stereocenters. The van der Waals surface area contributed by atoms with Gasteiger partial charge in [-0.2, -0.15) is 0 Å². The van der Waals surface area contributed by atoms with Gasteiger partial charge in [-0.25, -0.2) is 4.39 Å². The fourth-order valence-electron chi connectivity index (χ4n) is 4.10. The lowest BCUT2D eigenvalue weighted by atomic mass is 10.1. The van der Waals surface area contributed by atoms with E-state index in [-0.39, 0.29) is 17.9 Å². The summed E-state index contributed by atoms with van der Waals surface area (Å²) in [6.07, 6.45) is 0.631. The standard InChI is InChI=1S/C29H30FN3O4S/c1-4-37-24-10-11-25-20(17-24)16-21(28(34)32-25)18-33(29(38)31-23-8-6-22(30)7-9-23)14-13-19-5-12-26(35-2)27(15-19)36-3/h5-12,15-17H,4,13-14,18H2,1-3H3,(H,31,38)(H,32,34). The van der Waals surface area contributed by atoms with E-state index in [1.54, 1.807) is 26.4 Å². The number of fused-ring (bicyclic) bond motifs is 1. The second kappa shape index (κ2) is 12.4. The van der Waals surface area contributed by atoms with Crippen LogP contribution < -0.4 is 25.1 Å². The summed E-state index contributed by atoms with van der Waals surface area (Å²) in [5.74, 6) is 1.69. The van der Waals surface area contributed by atoms with Crippen LogP contribution in [0.15, 0.2) is 71.5 Å². The molecule has 0 saturated heterocycles. The van der Waals surface area contributed by atoms with Crippen LogP contribution in [0, 0.1) is 5.82 Å². The summed E-state index contributed by atoms with van der Waals surface area (Å²) >= 11 is 5.73. The second-order valence-electron chi connectivity index (χ2n) is 8.60. The smallest absolute Gasteiger partial charge is 0.253 e. The Morgan fingerprint density at radius 1 is 1.00 bits per heavy atom. The van der Waals surface area contributed by atoms with Gasteiger partial charge in [0.2, 0.25) is 0 Å². The minimum atomic E-state index is -0.333. The first-order valence-electron chi connectivity index (χ1n) is 12.2. The molecular formula is C29H30FN3O4S. The molecule has 7 nitrogen and oxygen atoms in total. The first-order chi connectivity index (χ1) is 18.4. The van der Waals surface area contributed by atoms with Crippen molar-refractivity contribution in [1.29, 1.82) is 0 Å². The molecule has 0 aliphatic rings. The third-order valence-electron chi connectivity index (χ3n) is 6.07. The molecule has 0 amide bonds. The van der Waals surface area contributed by atoms with E-state index in [9.17, 15) is 9.18 Å². The summed E-state index contributed by atoms with van der Waals surface area (Å²) in [6, 6.07) is 19.1. The molecule has 4 aromatic rings. The molecule has 3 aromatic carbocycles. The zero-order valence-corrected chi connectivity index (χ0v) is 22.4. The Labute approximate surface area is 226 Å². The van der Waals surface area contributed by atoms with Gasteiger partial charge in [-0.1, -0.05) is 6.07 Å². The predicted octanol–water partition coefficient (Wildman–Crippen LogP) is 5.52. The Morgan fingerprint density at radius 3 is 2.47 bits per heavy atom. The third-order valence-corrected chi connectivity index (χ3v) is 6.43. The third kappa shape index (κ3) is 6.60. The Kier molecular flexibility index (Phi) is 8.81. The van der Waals surface area contributed by atoms with Gasteiger partial charge in [0, 0.05) is 28.7 Å². The predicted molar refractivity (Wildman–Crippen MR) is 152 cm³/mol. The Balaban J connectivity index is 1.61. The number of anilines is 1. The van der Waals surface area contributed by atoms with E-state index in [4.69, 9.17) is 26.4 Å². The monoisotopic (exact) mass is 535 g/mol. The van der Waals surface area contributed by atoms with Crippen molar-refractivity contribution in [2.24, 2.45) is 0 Å². The number of methoxy groups -OCH3 is 2. The molecule has 0 spiro atoms. The number of H-pyrrole nitrogens is 1. The molecule has 0 unspecified atom stereocenters. The number of rotatable bonds is 10. The van der Waals surface area contributed by atoms with Gasteiger partial charge in [-0.3, -0.25) is 4.79 Å². The van der Waals surface area contributed by atoms with Crippen molar-refractivity contribution >= 4 is 33.9 Å². The maximum Gasteiger partial charge on any atom is 0.253 e. The highest BCUT2D eigenvalue weighted by Crippen LogP contribution is 2.28. The Bertz CT molecular complexity index is 1470. The van der Waals surface area contributed by atoms with Crippen molar-refractivity contribution in [3.05, 3.63) is 94.0 Å². The van der Waals surface area contributed by atoms with Crippen LogP contribution in [0.25, 0.3) is 10.9 Å². The van der Waals surface area contributed by atoms with E-state index in [1.165, 1.54) is 12.1 Å². The zero-order chi connectivity index (χ0) is 27.1. The number of hydrogen-bond acceptors (Lipinski definition) is 5. The van der Waals surface area contributed by atoms with Crippen LogP contribution in [-0.4, -0.2) is 42.4 Å². The van der Waals surface area contributed by atoms with Gasteiger partial charge in [0.05, 0.1) is 27.4 Å². The van der Waals surface area contributed by atoms with Crippen LogP contribution in [0.2, 0.25) is 0 Å². The second-order valence-corrected chi connectivity index (χ2v) is 8.99. The fourth-order valence-corrected chi connectivity index (χ4v) is 4.37. The van der Waals surface area contributed by atoms with Gasteiger partial charge in [0.1, 0.15) is 11.6 Å². The van der Waals surface area contributed by atoms with E-state index in [2.05, 4.69) is 10.3 Å². The van der Waals surface area contributed by atoms with Crippen LogP contribution in [0.1, 0.15) is 18.1 Å². The van der Waals surface area contributed by atoms with Crippen LogP contribution in [0.5, 0.6) is 17.2 Å². The lowest BCUT2D eigenvalue weighted by molar-refractivity contribution is 0.340. The molecular weight excluding hydrogens is 505 g/mol. The molecule has 0 aliphatic carbocycles. The molecule has 198 valence electrons. The summed E-state index contributed by atoms with van der Waals surface area (Å²) in [4.78, 5) is 17.8. The minimum absolute atomic E-state index is 0.192. The SMILES string of the molecule is CCOc1ccc2[nH]c(=O)c(CN(CCc3ccc(OC)c(OC)c3)C(=S)Nc3ccc(F)cc3)cc2c1. The molecule has 0 bridgehead atoms. The molecule has 2 N–H and O–H groups in total. The molecule has 4 rings (SSSR count). The number of nitrogens with one attached hydrogen (secondary N) is 2. The number of thiocarbonyl (C=S) groups is 1. The summed E-state index contributed by atoms with van der Waals surface area (Å²) in [5.41, 5.74) is 2.77. The number of hydrogen-bond donors (Lipinski definition) is 2. The van der Waals surface area contributed by atoms with E-state index in [0.29, 0.717) is 47.4 Å². The summed E-state index contributed by atoms with van der Waals surface area (Å²) in [5, 5.41) is 4.44. The highest BCUT2D eigenvalue weighted by Gasteiger charge is 2.15. The molecule has 1 heterocycles. The van der Waals surface area contributed by atoms with Crippen molar-refractivity contribution < 1.29 is 18.6 Å². The van der Waals surface area contributed by atoms with Gasteiger partial charge < -0.3 is 29.4 Å². The fraction of sp³-hybridized carbons (Fsp3) is 0.241. The largest absolute Gasteiger partial charge is 0.494 e. The van der Waals surface area contributed by atoms with Crippen molar-refractivity contribution in [1.82, 2.24) is 9.88 Å². The topological polar surface area (TPSA) is 75.8 Å². The van der Waals surface area contributed by atoms with Crippen LogP contribution in [0.4, 0.5) is 10.1 Å². The summed E-state index contributed by atoms with van der Waals surface area (Å²) in [6.45, 7) is 3.26. The molecule has 0 radical (unpaired) electrons. The first-order valence-corrected chi connectivity index (χ1v) is 12.6. The maximum atomic E-state index is 13.4. The number of pyridine rings is 1. The van der Waals surface area contributed by atoms with E-state index >= 15 is 0 Å². The van der Waals surface area contributed by atoms with Crippen LogP contribution in [0.3, 0.4) is 0 Å². The quantitative estimate of drug-likeness (QED) is 0.259. The summed E-state index contributed by atoms with van der Waals surface area (Å²) in [7, 11) is 3.19. The number of aromatic nitrogens is 1. The average Bonchev–Trinajstić information content (AvgIpc) is 2.92. The van der Waals surface area contributed by atoms with E-state index in [0.717, 1.165) is 22.2 Å². The number of aromatic amines is 1. The minimum Gasteiger partial charge on any atom is -0.494 e. The number of nitrogens with zero attached hydrogens (tertiary/aromatic N) is 1. The number of benzene rings is 3. The van der Waals surface area contributed by atoms with Crippen molar-refractivity contribution in [2.75, 3.05) is 32.7 Å². The lowest BCUT2D eigenvalue weighted by Gasteiger charge is -2.26. The Morgan fingerprint density at radius 2 is 1.76 bits per heavy atom. The van der Waals surface area contributed by atoms with Gasteiger partial charge in [0.15, 0.2) is 16.6 Å². The van der Waals surface area contributed by atoms with Crippen LogP contribution in [-0.2, 0) is 13.0 Å². The summed E-state index contributed by atoms with van der Waals surface area (Å²) < 4.78 is 29.8. The van der Waals surface area contributed by atoms with E-state index in [1.807, 2.05) is 54.3 Å².